The molecule has 1 aromatic rings. The van der Waals surface area contributed by atoms with Crippen LogP contribution in [0.3, 0.4) is 0 Å². The third-order valence-electron chi connectivity index (χ3n) is 3.58. The van der Waals surface area contributed by atoms with Gasteiger partial charge in [-0.25, -0.2) is 4.98 Å². The van der Waals surface area contributed by atoms with Crippen LogP contribution in [-0.2, 0) is 15.9 Å². The molecule has 18 heavy (non-hydrogen) atoms. The molecule has 2 saturated heterocycles. The van der Waals surface area contributed by atoms with Crippen molar-refractivity contribution in [3.05, 3.63) is 16.1 Å². The fourth-order valence-corrected chi connectivity index (χ4v) is 3.54. The van der Waals surface area contributed by atoms with Gasteiger partial charge in [0.1, 0.15) is 0 Å². The largest absolute Gasteiger partial charge is 0.381 e. The molecular weight excluding hydrogens is 248 g/mol. The maximum atomic E-state index is 5.72. The number of nitrogens with one attached hydrogen (secondary N) is 1. The fraction of sp³-hybridized carbons (Fsp3) is 0.769. The summed E-state index contributed by atoms with van der Waals surface area (Å²) in [5.74, 6) is 0.614. The lowest BCUT2D eigenvalue weighted by Crippen LogP contribution is -2.39. The second-order valence-corrected chi connectivity index (χ2v) is 5.85. The first kappa shape index (κ1) is 12.5. The third-order valence-corrected chi connectivity index (χ3v) is 4.64. The van der Waals surface area contributed by atoms with E-state index in [1.165, 1.54) is 10.7 Å². The molecule has 3 rings (SSSR count). The molecule has 0 radical (unpaired) electrons. The highest BCUT2D eigenvalue weighted by atomic mass is 32.1. The molecule has 1 unspecified atom stereocenters. The van der Waals surface area contributed by atoms with Crippen LogP contribution in [0.1, 0.15) is 29.5 Å². The summed E-state index contributed by atoms with van der Waals surface area (Å²) in [6.07, 6.45) is 3.47. The number of hydrogen-bond acceptors (Lipinski definition) is 5. The number of hydrogen-bond donors (Lipinski definition) is 1. The molecule has 0 aromatic carbocycles. The highest BCUT2D eigenvalue weighted by Gasteiger charge is 2.20. The predicted molar refractivity (Wildman–Crippen MR) is 71.2 cm³/mol. The lowest BCUT2D eigenvalue weighted by atomic mass is 10.0. The van der Waals surface area contributed by atoms with Gasteiger partial charge in [0.15, 0.2) is 0 Å². The molecule has 2 aliphatic heterocycles. The van der Waals surface area contributed by atoms with Gasteiger partial charge in [0, 0.05) is 44.0 Å². The van der Waals surface area contributed by atoms with E-state index in [9.17, 15) is 0 Å². The van der Waals surface area contributed by atoms with Gasteiger partial charge in [-0.05, 0) is 12.8 Å². The normalized spacial score (nSPS) is 26.3. The molecule has 0 aliphatic carbocycles. The number of thiazole rings is 1. The van der Waals surface area contributed by atoms with E-state index in [0.717, 1.165) is 52.2 Å². The summed E-state index contributed by atoms with van der Waals surface area (Å²) in [7, 11) is 0. The van der Waals surface area contributed by atoms with Crippen molar-refractivity contribution in [1.82, 2.24) is 10.3 Å². The van der Waals surface area contributed by atoms with Gasteiger partial charge in [0.25, 0.3) is 0 Å². The molecule has 1 aromatic heterocycles. The van der Waals surface area contributed by atoms with Crippen molar-refractivity contribution >= 4 is 11.3 Å². The number of morpholine rings is 1. The molecule has 5 heteroatoms. The Kier molecular flexibility index (Phi) is 4.25. The van der Waals surface area contributed by atoms with E-state index in [1.807, 2.05) is 0 Å². The first-order valence-electron chi connectivity index (χ1n) is 6.76. The van der Waals surface area contributed by atoms with E-state index in [0.29, 0.717) is 12.0 Å². The summed E-state index contributed by atoms with van der Waals surface area (Å²) in [5, 5.41) is 6.85. The van der Waals surface area contributed by atoms with Crippen LogP contribution in [0, 0.1) is 0 Å². The minimum atomic E-state index is 0.295. The summed E-state index contributed by atoms with van der Waals surface area (Å²) >= 11 is 1.80. The lowest BCUT2D eigenvalue weighted by molar-refractivity contribution is 0.0287. The zero-order valence-electron chi connectivity index (χ0n) is 10.6. The van der Waals surface area contributed by atoms with Crippen LogP contribution < -0.4 is 5.32 Å². The first-order chi connectivity index (χ1) is 8.92. The lowest BCUT2D eigenvalue weighted by Gasteiger charge is -2.23. The molecular formula is C13H20N2O2S. The Bertz CT molecular complexity index is 371. The first-order valence-corrected chi connectivity index (χ1v) is 7.64. The van der Waals surface area contributed by atoms with E-state index in [1.54, 1.807) is 11.3 Å². The van der Waals surface area contributed by atoms with Crippen LogP contribution in [0.4, 0.5) is 0 Å². The van der Waals surface area contributed by atoms with E-state index in [4.69, 9.17) is 14.5 Å². The van der Waals surface area contributed by atoms with Crippen LogP contribution in [0.5, 0.6) is 0 Å². The molecule has 1 atom stereocenters. The second kappa shape index (κ2) is 6.10. The summed E-state index contributed by atoms with van der Waals surface area (Å²) in [6, 6.07) is 0. The molecule has 4 nitrogen and oxygen atoms in total. The van der Waals surface area contributed by atoms with Crippen molar-refractivity contribution in [1.29, 1.82) is 0 Å². The zero-order valence-corrected chi connectivity index (χ0v) is 11.4. The molecule has 0 saturated carbocycles. The van der Waals surface area contributed by atoms with Gasteiger partial charge in [0.05, 0.1) is 23.4 Å². The smallest absolute Gasteiger partial charge is 0.0960 e. The molecule has 0 spiro atoms. The maximum Gasteiger partial charge on any atom is 0.0960 e. The van der Waals surface area contributed by atoms with Gasteiger partial charge in [-0.1, -0.05) is 0 Å². The van der Waals surface area contributed by atoms with Gasteiger partial charge < -0.3 is 14.8 Å². The van der Waals surface area contributed by atoms with Crippen molar-refractivity contribution in [2.24, 2.45) is 0 Å². The van der Waals surface area contributed by atoms with Crippen molar-refractivity contribution in [3.8, 4) is 0 Å². The van der Waals surface area contributed by atoms with E-state index in [-0.39, 0.29) is 0 Å². The average Bonchev–Trinajstić information content (AvgIpc) is 2.89. The molecule has 1 N–H and O–H groups in total. The Morgan fingerprint density at radius 3 is 3.00 bits per heavy atom. The van der Waals surface area contributed by atoms with Gasteiger partial charge >= 0.3 is 0 Å². The van der Waals surface area contributed by atoms with Gasteiger partial charge in [-0.2, -0.15) is 0 Å². The van der Waals surface area contributed by atoms with Crippen molar-refractivity contribution in [2.75, 3.05) is 32.9 Å². The summed E-state index contributed by atoms with van der Waals surface area (Å²) in [5.41, 5.74) is 1.19. The average molecular weight is 268 g/mol. The number of ether oxygens (including phenoxy) is 2. The van der Waals surface area contributed by atoms with Crippen molar-refractivity contribution in [3.63, 3.8) is 0 Å². The van der Waals surface area contributed by atoms with Crippen LogP contribution >= 0.6 is 11.3 Å². The van der Waals surface area contributed by atoms with Crippen LogP contribution in [0.2, 0.25) is 0 Å². The Morgan fingerprint density at radius 2 is 2.22 bits per heavy atom. The van der Waals surface area contributed by atoms with Crippen molar-refractivity contribution < 1.29 is 9.47 Å². The summed E-state index contributed by atoms with van der Waals surface area (Å²) in [4.78, 5) is 4.78. The second-order valence-electron chi connectivity index (χ2n) is 4.96. The van der Waals surface area contributed by atoms with E-state index < -0.39 is 0 Å². The highest BCUT2D eigenvalue weighted by Crippen LogP contribution is 2.29. The topological polar surface area (TPSA) is 43.4 Å². The van der Waals surface area contributed by atoms with Crippen molar-refractivity contribution in [2.45, 2.75) is 31.3 Å². The fourth-order valence-electron chi connectivity index (χ4n) is 2.53. The van der Waals surface area contributed by atoms with Gasteiger partial charge in [-0.3, -0.25) is 0 Å². The van der Waals surface area contributed by atoms with Crippen LogP contribution in [0.25, 0.3) is 0 Å². The Morgan fingerprint density at radius 1 is 1.33 bits per heavy atom. The van der Waals surface area contributed by atoms with Crippen LogP contribution in [0.15, 0.2) is 5.38 Å². The molecule has 2 aliphatic rings. The summed E-state index contributed by atoms with van der Waals surface area (Å²) in [6.45, 7) is 4.51. The Hall–Kier alpha value is -0.490. The minimum absolute atomic E-state index is 0.295. The zero-order chi connectivity index (χ0) is 12.2. The SMILES string of the molecule is c1sc(C2CCOCC2)nc1CC1CNCCO1. The Balaban J connectivity index is 1.58. The molecule has 2 fully saturated rings. The molecule has 3 heterocycles. The van der Waals surface area contributed by atoms with Gasteiger partial charge in [0.2, 0.25) is 0 Å². The van der Waals surface area contributed by atoms with E-state index in [2.05, 4.69) is 10.7 Å². The van der Waals surface area contributed by atoms with E-state index >= 15 is 0 Å². The quantitative estimate of drug-likeness (QED) is 0.903. The molecule has 100 valence electrons. The Labute approximate surface area is 112 Å². The summed E-state index contributed by atoms with van der Waals surface area (Å²) < 4.78 is 11.1. The third kappa shape index (κ3) is 3.09. The molecule has 0 bridgehead atoms. The number of nitrogens with zero attached hydrogens (tertiary/aromatic N) is 1. The van der Waals surface area contributed by atoms with Gasteiger partial charge in [-0.15, -0.1) is 11.3 Å². The molecule has 0 amide bonds. The standard InChI is InChI=1S/C13H20N2O2S/c1-4-16-5-2-10(1)13-15-11(9-18-13)7-12-8-14-3-6-17-12/h9-10,12,14H,1-8H2. The number of rotatable bonds is 3. The monoisotopic (exact) mass is 268 g/mol. The number of aromatic nitrogens is 1. The highest BCUT2D eigenvalue weighted by molar-refractivity contribution is 7.09. The van der Waals surface area contributed by atoms with Crippen LogP contribution in [-0.4, -0.2) is 44.0 Å². The maximum absolute atomic E-state index is 5.72. The minimum Gasteiger partial charge on any atom is -0.381 e. The predicted octanol–water partition coefficient (Wildman–Crippen LogP) is 1.57.